The van der Waals surface area contributed by atoms with Gasteiger partial charge in [0, 0.05) is 22.6 Å². The molecule has 122 valence electrons. The van der Waals surface area contributed by atoms with Crippen molar-refractivity contribution in [2.45, 2.75) is 27.7 Å². The average Bonchev–Trinajstić information content (AvgIpc) is 2.35. The highest BCUT2D eigenvalue weighted by Gasteiger charge is 2.28. The summed E-state index contributed by atoms with van der Waals surface area (Å²) in [5.74, 6) is 0.569. The van der Waals surface area contributed by atoms with E-state index in [1.54, 1.807) is 24.3 Å². The first-order chi connectivity index (χ1) is 9.79. The molecule has 1 amide bonds. The number of carbonyl (C=O) groups excluding carboxylic acids is 2. The molecule has 1 aromatic carbocycles. The van der Waals surface area contributed by atoms with E-state index in [9.17, 15) is 9.59 Å². The lowest BCUT2D eigenvalue weighted by atomic mass is 9.86. The largest absolute Gasteiger partial charge is 0.326 e. The number of hydrogen-bond acceptors (Lipinski definition) is 3. The normalized spacial score (nSPS) is 16.2. The van der Waals surface area contributed by atoms with Gasteiger partial charge < -0.3 is 10.6 Å². The van der Waals surface area contributed by atoms with E-state index in [0.29, 0.717) is 11.5 Å². The van der Waals surface area contributed by atoms with Crippen LogP contribution < -0.4 is 10.6 Å². The van der Waals surface area contributed by atoms with Crippen LogP contribution in [0.2, 0.25) is 0 Å². The van der Waals surface area contributed by atoms with E-state index in [0.717, 1.165) is 18.8 Å². The molecule has 5 heteroatoms. The summed E-state index contributed by atoms with van der Waals surface area (Å²) in [6.07, 6.45) is 0. The molecule has 1 aromatic rings. The minimum atomic E-state index is -0.392. The molecule has 1 saturated heterocycles. The zero-order valence-corrected chi connectivity index (χ0v) is 14.4. The lowest BCUT2D eigenvalue weighted by Gasteiger charge is -2.31. The van der Waals surface area contributed by atoms with Gasteiger partial charge >= 0.3 is 0 Å². The van der Waals surface area contributed by atoms with Gasteiger partial charge in [0.05, 0.1) is 0 Å². The fourth-order valence-electron chi connectivity index (χ4n) is 2.27. The third-order valence-electron chi connectivity index (χ3n) is 4.03. The minimum absolute atomic E-state index is 0. The maximum absolute atomic E-state index is 12.1. The molecule has 0 aliphatic carbocycles. The van der Waals surface area contributed by atoms with Crippen molar-refractivity contribution in [2.24, 2.45) is 17.3 Å². The molecule has 0 spiro atoms. The van der Waals surface area contributed by atoms with Gasteiger partial charge in [-0.25, -0.2) is 0 Å². The number of nitrogens with one attached hydrogen (secondary N) is 2. The van der Waals surface area contributed by atoms with Gasteiger partial charge in [-0.15, -0.1) is 12.4 Å². The maximum Gasteiger partial charge on any atom is 0.227 e. The first kappa shape index (κ1) is 18.7. The van der Waals surface area contributed by atoms with E-state index in [-0.39, 0.29) is 30.0 Å². The predicted molar refractivity (Wildman–Crippen MR) is 91.6 cm³/mol. The number of anilines is 1. The van der Waals surface area contributed by atoms with Crippen molar-refractivity contribution in [3.05, 3.63) is 29.8 Å². The number of ketones is 1. The second-order valence-corrected chi connectivity index (χ2v) is 6.85. The van der Waals surface area contributed by atoms with Gasteiger partial charge in [-0.3, -0.25) is 9.59 Å². The molecular weight excluding hydrogens is 300 g/mol. The van der Waals surface area contributed by atoms with Crippen LogP contribution in [0.15, 0.2) is 24.3 Å². The van der Waals surface area contributed by atoms with E-state index in [1.165, 1.54) is 0 Å². The SMILES string of the molecule is CC(C(=O)Nc1ccc(C(=O)C(C)(C)C)cc1)C1CNC1.Cl. The fraction of sp³-hybridized carbons (Fsp3) is 0.529. The van der Waals surface area contributed by atoms with Gasteiger partial charge in [0.25, 0.3) is 0 Å². The minimum Gasteiger partial charge on any atom is -0.326 e. The number of carbonyl (C=O) groups is 2. The highest BCUT2D eigenvalue weighted by Crippen LogP contribution is 2.23. The number of Topliss-reactive ketones (excluding diaryl/α,β-unsaturated/α-hetero) is 1. The second kappa shape index (κ2) is 7.25. The highest BCUT2D eigenvalue weighted by molar-refractivity contribution is 6.00. The van der Waals surface area contributed by atoms with Crippen LogP contribution in [0.25, 0.3) is 0 Å². The van der Waals surface area contributed by atoms with Gasteiger partial charge in [-0.05, 0) is 43.3 Å². The first-order valence-corrected chi connectivity index (χ1v) is 7.45. The van der Waals surface area contributed by atoms with Crippen LogP contribution in [0.1, 0.15) is 38.1 Å². The summed E-state index contributed by atoms with van der Waals surface area (Å²) in [4.78, 5) is 24.3. The van der Waals surface area contributed by atoms with E-state index in [4.69, 9.17) is 0 Å². The fourth-order valence-corrected chi connectivity index (χ4v) is 2.27. The van der Waals surface area contributed by atoms with Crippen LogP contribution in [-0.4, -0.2) is 24.8 Å². The van der Waals surface area contributed by atoms with Gasteiger partial charge in [-0.1, -0.05) is 27.7 Å². The molecular formula is C17H25ClN2O2. The van der Waals surface area contributed by atoms with Crippen molar-refractivity contribution < 1.29 is 9.59 Å². The molecule has 22 heavy (non-hydrogen) atoms. The van der Waals surface area contributed by atoms with Crippen LogP contribution in [0.4, 0.5) is 5.69 Å². The lowest BCUT2D eigenvalue weighted by Crippen LogP contribution is -2.48. The van der Waals surface area contributed by atoms with Gasteiger partial charge in [0.15, 0.2) is 5.78 Å². The summed E-state index contributed by atoms with van der Waals surface area (Å²) >= 11 is 0. The van der Waals surface area contributed by atoms with Crippen LogP contribution in [-0.2, 0) is 4.79 Å². The average molecular weight is 325 g/mol. The van der Waals surface area contributed by atoms with Crippen molar-refractivity contribution >= 4 is 29.8 Å². The maximum atomic E-state index is 12.1. The Labute approximate surface area is 138 Å². The quantitative estimate of drug-likeness (QED) is 0.837. The molecule has 4 nitrogen and oxygen atoms in total. The van der Waals surface area contributed by atoms with Crippen LogP contribution in [0.5, 0.6) is 0 Å². The molecule has 2 N–H and O–H groups in total. The monoisotopic (exact) mass is 324 g/mol. The van der Waals surface area contributed by atoms with Crippen molar-refractivity contribution in [3.63, 3.8) is 0 Å². The van der Waals surface area contributed by atoms with E-state index in [2.05, 4.69) is 10.6 Å². The summed E-state index contributed by atoms with van der Waals surface area (Å²) < 4.78 is 0. The Morgan fingerprint density at radius 3 is 2.14 bits per heavy atom. The van der Waals surface area contributed by atoms with Gasteiger partial charge in [0.1, 0.15) is 0 Å². The summed E-state index contributed by atoms with van der Waals surface area (Å²) in [7, 11) is 0. The van der Waals surface area contributed by atoms with Gasteiger partial charge in [-0.2, -0.15) is 0 Å². The third kappa shape index (κ3) is 4.31. The zero-order chi connectivity index (χ0) is 15.6. The van der Waals surface area contributed by atoms with Crippen molar-refractivity contribution in [1.82, 2.24) is 5.32 Å². The zero-order valence-electron chi connectivity index (χ0n) is 13.6. The van der Waals surface area contributed by atoms with E-state index in [1.807, 2.05) is 27.7 Å². The van der Waals surface area contributed by atoms with Crippen LogP contribution in [0, 0.1) is 17.3 Å². The number of rotatable bonds is 4. The van der Waals surface area contributed by atoms with E-state index >= 15 is 0 Å². The Kier molecular flexibility index (Phi) is 6.15. The number of halogens is 1. The second-order valence-electron chi connectivity index (χ2n) is 6.85. The van der Waals surface area contributed by atoms with Crippen LogP contribution in [0.3, 0.4) is 0 Å². The molecule has 1 atom stereocenters. The number of hydrogen-bond donors (Lipinski definition) is 2. The Morgan fingerprint density at radius 1 is 1.18 bits per heavy atom. The van der Waals surface area contributed by atoms with Crippen molar-refractivity contribution in [3.8, 4) is 0 Å². The third-order valence-corrected chi connectivity index (χ3v) is 4.03. The molecule has 1 heterocycles. The lowest BCUT2D eigenvalue weighted by molar-refractivity contribution is -0.121. The molecule has 1 unspecified atom stereocenters. The topological polar surface area (TPSA) is 58.2 Å². The molecule has 2 rings (SSSR count). The summed E-state index contributed by atoms with van der Waals surface area (Å²) in [6.45, 7) is 9.48. The molecule has 1 aliphatic rings. The molecule has 1 aliphatic heterocycles. The van der Waals surface area contributed by atoms with Crippen LogP contribution >= 0.6 is 12.4 Å². The number of amides is 1. The molecule has 0 saturated carbocycles. The molecule has 0 radical (unpaired) electrons. The first-order valence-electron chi connectivity index (χ1n) is 7.45. The summed E-state index contributed by atoms with van der Waals surface area (Å²) in [6, 6.07) is 7.14. The smallest absolute Gasteiger partial charge is 0.227 e. The van der Waals surface area contributed by atoms with Crippen molar-refractivity contribution in [1.29, 1.82) is 0 Å². The molecule has 0 aromatic heterocycles. The van der Waals surface area contributed by atoms with Gasteiger partial charge in [0.2, 0.25) is 5.91 Å². The Bertz CT molecular complexity index is 531. The van der Waals surface area contributed by atoms with Crippen molar-refractivity contribution in [2.75, 3.05) is 18.4 Å². The number of benzene rings is 1. The highest BCUT2D eigenvalue weighted by atomic mass is 35.5. The summed E-state index contributed by atoms with van der Waals surface area (Å²) in [5, 5.41) is 6.10. The Hall–Kier alpha value is -1.39. The van der Waals surface area contributed by atoms with E-state index < -0.39 is 5.41 Å². The summed E-state index contributed by atoms with van der Waals surface area (Å²) in [5.41, 5.74) is 1.03. The predicted octanol–water partition coefficient (Wildman–Crippen LogP) is 3.13. The Morgan fingerprint density at radius 2 is 1.73 bits per heavy atom. The molecule has 0 bridgehead atoms. The standard InChI is InChI=1S/C17H24N2O2.ClH/c1-11(13-9-18-10-13)16(21)19-14-7-5-12(6-8-14)15(20)17(2,3)4;/h5-8,11,13,18H,9-10H2,1-4H3,(H,19,21);1H. The molecule has 1 fully saturated rings. The Balaban J connectivity index is 0.00000242.